The van der Waals surface area contributed by atoms with Crippen LogP contribution in [0, 0.1) is 11.8 Å². The number of para-hydroxylation sites is 1. The van der Waals surface area contributed by atoms with Crippen molar-refractivity contribution < 1.29 is 42.0 Å². The number of aliphatic carboxylic acids is 1. The highest BCUT2D eigenvalue weighted by Crippen LogP contribution is 2.41. The van der Waals surface area contributed by atoms with Crippen LogP contribution in [0.4, 0.5) is 20.3 Å². The summed E-state index contributed by atoms with van der Waals surface area (Å²) in [7, 11) is 0. The smallest absolute Gasteiger partial charge is 0.326 e. The highest BCUT2D eigenvalue weighted by atomic mass is 19.3. The lowest BCUT2D eigenvalue weighted by Crippen LogP contribution is -2.68. The van der Waals surface area contributed by atoms with Gasteiger partial charge in [-0.25, -0.2) is 28.5 Å². The van der Waals surface area contributed by atoms with Crippen LogP contribution >= 0.6 is 0 Å². The second-order valence-electron chi connectivity index (χ2n) is 13.0. The number of hydrogen-bond acceptors (Lipinski definition) is 12. The lowest BCUT2D eigenvalue weighted by Gasteiger charge is -2.53. The fourth-order valence-electron chi connectivity index (χ4n) is 7.11. The average molecular weight is 691 g/mol. The van der Waals surface area contributed by atoms with E-state index in [4.69, 9.17) is 28.3 Å². The van der Waals surface area contributed by atoms with Gasteiger partial charge in [-0.15, -0.1) is 0 Å². The van der Waals surface area contributed by atoms with Crippen molar-refractivity contribution in [3.05, 3.63) is 47.9 Å². The third-order valence-electron chi connectivity index (χ3n) is 9.94. The molecule has 50 heavy (non-hydrogen) atoms. The van der Waals surface area contributed by atoms with Crippen molar-refractivity contribution in [1.29, 1.82) is 0 Å². The molecule has 3 aromatic heterocycles. The predicted octanol–water partition coefficient (Wildman–Crippen LogP) is 3.50. The number of pyridine rings is 1. The van der Waals surface area contributed by atoms with E-state index >= 15 is 0 Å². The number of ether oxygens (including phenoxy) is 4. The average Bonchev–Trinajstić information content (AvgIpc) is 3.70. The van der Waals surface area contributed by atoms with Crippen molar-refractivity contribution in [2.24, 2.45) is 0 Å². The van der Waals surface area contributed by atoms with Gasteiger partial charge in [-0.2, -0.15) is 0 Å². The van der Waals surface area contributed by atoms with Crippen LogP contribution in [-0.2, 0) is 19.0 Å². The standard InChI is InChI=1S/C35H36F2N6O7/c1-21-35(19-47-20-35)48-14-11-42(21)25-15-22(5-4-8-41-9-12-46-13-10-41)17-38-33(25)49-23-16-26(34(44)45)43(18-23)32-29-28(39-31(40-32)30(36)37)24-6-2-3-7-27(24)50-29/h2-3,6-7,15,17,21,23,26,30H,8-14,16,18-20H2,1H3,(H,44,45)/t21-,23-,26-/m0/s1. The molecule has 8 rings (SSSR count). The molecule has 1 spiro atoms. The number of carbonyl (C=O) groups is 1. The summed E-state index contributed by atoms with van der Waals surface area (Å²) < 4.78 is 57.9. The Labute approximate surface area is 286 Å². The van der Waals surface area contributed by atoms with Crippen molar-refractivity contribution in [2.75, 3.05) is 75.6 Å². The van der Waals surface area contributed by atoms with Crippen molar-refractivity contribution in [2.45, 2.75) is 43.6 Å². The van der Waals surface area contributed by atoms with Crippen molar-refractivity contribution >= 4 is 39.5 Å². The van der Waals surface area contributed by atoms with Gasteiger partial charge in [0.1, 0.15) is 34.5 Å². The molecule has 1 N–H and O–H groups in total. The van der Waals surface area contributed by atoms with Crippen LogP contribution in [0.1, 0.15) is 31.2 Å². The minimum Gasteiger partial charge on any atom is -0.480 e. The molecule has 0 saturated carbocycles. The molecule has 3 atom stereocenters. The molecule has 4 aliphatic rings. The summed E-state index contributed by atoms with van der Waals surface area (Å²) >= 11 is 0. The Morgan fingerprint density at radius 2 is 1.94 bits per heavy atom. The maximum Gasteiger partial charge on any atom is 0.326 e. The Kier molecular flexibility index (Phi) is 8.64. The zero-order valence-corrected chi connectivity index (χ0v) is 27.4. The number of furan rings is 1. The number of aromatic nitrogens is 3. The molecular formula is C35H36F2N6O7. The van der Waals surface area contributed by atoms with Crippen LogP contribution in [0.25, 0.3) is 22.1 Å². The van der Waals surface area contributed by atoms with Gasteiger partial charge in [0, 0.05) is 43.2 Å². The van der Waals surface area contributed by atoms with Gasteiger partial charge in [0.2, 0.25) is 5.88 Å². The second kappa shape index (κ2) is 13.3. The highest BCUT2D eigenvalue weighted by Gasteiger charge is 2.50. The number of halogens is 2. The van der Waals surface area contributed by atoms with Gasteiger partial charge >= 0.3 is 5.97 Å². The number of alkyl halides is 2. The maximum absolute atomic E-state index is 14.1. The molecule has 0 amide bonds. The first-order chi connectivity index (χ1) is 24.3. The number of nitrogens with zero attached hydrogens (tertiary/aromatic N) is 6. The predicted molar refractivity (Wildman–Crippen MR) is 177 cm³/mol. The molecule has 7 heterocycles. The molecule has 4 aromatic rings. The topological polar surface area (TPSA) is 136 Å². The Hall–Kier alpha value is -4.62. The number of fused-ring (bicyclic) bond motifs is 3. The van der Waals surface area contributed by atoms with Gasteiger partial charge in [-0.1, -0.05) is 24.0 Å². The molecule has 4 fully saturated rings. The first kappa shape index (κ1) is 32.6. The Morgan fingerprint density at radius 3 is 2.70 bits per heavy atom. The quantitative estimate of drug-likeness (QED) is 0.284. The van der Waals surface area contributed by atoms with Crippen LogP contribution in [0.15, 0.2) is 40.9 Å². The summed E-state index contributed by atoms with van der Waals surface area (Å²) in [5.41, 5.74) is 1.72. The van der Waals surface area contributed by atoms with Crippen LogP contribution in [0.3, 0.4) is 0 Å². The van der Waals surface area contributed by atoms with E-state index in [-0.39, 0.29) is 35.9 Å². The van der Waals surface area contributed by atoms with Crippen LogP contribution in [0.5, 0.6) is 5.88 Å². The molecule has 0 bridgehead atoms. The van der Waals surface area contributed by atoms with Crippen molar-refractivity contribution in [1.82, 2.24) is 19.9 Å². The second-order valence-corrected chi connectivity index (χ2v) is 13.0. The Bertz CT molecular complexity index is 1970. The van der Waals surface area contributed by atoms with E-state index in [1.807, 2.05) is 6.07 Å². The summed E-state index contributed by atoms with van der Waals surface area (Å²) in [6, 6.07) is 7.66. The number of rotatable bonds is 7. The molecule has 1 aromatic carbocycles. The first-order valence-corrected chi connectivity index (χ1v) is 16.7. The number of hydrogen-bond donors (Lipinski definition) is 1. The maximum atomic E-state index is 14.1. The van der Waals surface area contributed by atoms with E-state index in [1.165, 1.54) is 4.90 Å². The zero-order valence-electron chi connectivity index (χ0n) is 27.4. The lowest BCUT2D eigenvalue weighted by molar-refractivity contribution is -0.228. The molecule has 4 saturated heterocycles. The number of carboxylic acids is 1. The van der Waals surface area contributed by atoms with E-state index in [0.717, 1.165) is 13.1 Å². The number of morpholine rings is 2. The molecule has 0 aliphatic carbocycles. The molecule has 4 aliphatic heterocycles. The van der Waals surface area contributed by atoms with E-state index in [0.29, 0.717) is 74.2 Å². The molecule has 0 radical (unpaired) electrons. The SMILES string of the molecule is C[C@@H]1N(c2cc(C#CCN3CCOCC3)cnc2O[C@H]2C[C@@H](C(=O)O)N(c3nc(C(F)F)nc4c3oc3ccccc34)C2)CCOC12COC2. The first-order valence-electron chi connectivity index (χ1n) is 16.7. The summed E-state index contributed by atoms with van der Waals surface area (Å²) in [5, 5.41) is 10.9. The van der Waals surface area contributed by atoms with Gasteiger partial charge in [0.05, 0.1) is 52.2 Å². The number of anilines is 2. The Balaban J connectivity index is 1.12. The minimum atomic E-state index is -2.98. The summed E-state index contributed by atoms with van der Waals surface area (Å²) in [6.45, 7) is 7.75. The monoisotopic (exact) mass is 690 g/mol. The molecule has 15 heteroatoms. The molecular weight excluding hydrogens is 654 g/mol. The van der Waals surface area contributed by atoms with Gasteiger partial charge in [-0.05, 0) is 25.1 Å². The van der Waals surface area contributed by atoms with E-state index in [1.54, 1.807) is 30.5 Å². The fraction of sp³-hybridized carbons (Fsp3) is 0.486. The van der Waals surface area contributed by atoms with Crippen LogP contribution in [0.2, 0.25) is 0 Å². The molecule has 262 valence electrons. The highest BCUT2D eigenvalue weighted by molar-refractivity contribution is 6.06. The zero-order chi connectivity index (χ0) is 34.4. The van der Waals surface area contributed by atoms with Gasteiger partial charge in [0.15, 0.2) is 17.2 Å². The molecule has 13 nitrogen and oxygen atoms in total. The van der Waals surface area contributed by atoms with Crippen LogP contribution in [-0.4, -0.2) is 120 Å². The van der Waals surface area contributed by atoms with Crippen molar-refractivity contribution in [3.8, 4) is 17.7 Å². The minimum absolute atomic E-state index is 0.0206. The number of benzene rings is 1. The summed E-state index contributed by atoms with van der Waals surface area (Å²) in [5.74, 6) is 4.93. The Morgan fingerprint density at radius 1 is 1.12 bits per heavy atom. The summed E-state index contributed by atoms with van der Waals surface area (Å²) in [4.78, 5) is 31.4. The molecule has 0 unspecified atom stereocenters. The summed E-state index contributed by atoms with van der Waals surface area (Å²) in [6.07, 6.45) is -1.96. The fourth-order valence-corrected chi connectivity index (χ4v) is 7.11. The third-order valence-corrected chi connectivity index (χ3v) is 9.94. The van der Waals surface area contributed by atoms with E-state index < -0.39 is 36.0 Å². The van der Waals surface area contributed by atoms with Crippen LogP contribution < -0.4 is 14.5 Å². The normalized spacial score (nSPS) is 23.7. The van der Waals surface area contributed by atoms with E-state index in [9.17, 15) is 18.7 Å². The van der Waals surface area contributed by atoms with Crippen molar-refractivity contribution in [3.63, 3.8) is 0 Å². The van der Waals surface area contributed by atoms with Gasteiger partial charge < -0.3 is 38.3 Å². The third kappa shape index (κ3) is 5.96. The van der Waals surface area contributed by atoms with Gasteiger partial charge in [0.25, 0.3) is 6.43 Å². The largest absolute Gasteiger partial charge is 0.480 e. The van der Waals surface area contributed by atoms with E-state index in [2.05, 4.69) is 38.5 Å². The van der Waals surface area contributed by atoms with Gasteiger partial charge in [-0.3, -0.25) is 4.90 Å². The number of carboxylic acid groups (broad SMARTS) is 1. The lowest BCUT2D eigenvalue weighted by atomic mass is 9.90.